The fraction of sp³-hybridized carbons (Fsp3) is 0.609. The number of benzene rings is 1. The zero-order valence-corrected chi connectivity index (χ0v) is 18.9. The van der Waals surface area contributed by atoms with Crippen LogP contribution in [0.3, 0.4) is 0 Å². The molecule has 1 aliphatic heterocycles. The van der Waals surface area contributed by atoms with Crippen molar-refractivity contribution in [2.45, 2.75) is 46.1 Å². The highest BCUT2D eigenvalue weighted by molar-refractivity contribution is 6.04. The molecule has 0 spiro atoms. The van der Waals surface area contributed by atoms with Crippen molar-refractivity contribution in [3.63, 3.8) is 0 Å². The summed E-state index contributed by atoms with van der Waals surface area (Å²) >= 11 is 0. The van der Waals surface area contributed by atoms with Crippen molar-refractivity contribution in [3.8, 4) is 11.5 Å². The highest BCUT2D eigenvalue weighted by atomic mass is 16.5. The molecule has 0 bridgehead atoms. The lowest BCUT2D eigenvalue weighted by molar-refractivity contribution is -0.141. The number of amides is 2. The van der Waals surface area contributed by atoms with Crippen LogP contribution in [0.15, 0.2) is 12.1 Å². The van der Waals surface area contributed by atoms with Gasteiger partial charge >= 0.3 is 5.97 Å². The molecule has 3 unspecified atom stereocenters. The first-order valence-corrected chi connectivity index (χ1v) is 10.8. The number of anilines is 1. The van der Waals surface area contributed by atoms with Gasteiger partial charge in [0.1, 0.15) is 0 Å². The van der Waals surface area contributed by atoms with E-state index in [1.165, 1.54) is 20.3 Å². The lowest BCUT2D eigenvalue weighted by Gasteiger charge is -2.32. The Morgan fingerprint density at radius 2 is 1.65 bits per heavy atom. The van der Waals surface area contributed by atoms with Gasteiger partial charge in [-0.2, -0.15) is 0 Å². The third kappa shape index (κ3) is 5.29. The summed E-state index contributed by atoms with van der Waals surface area (Å²) in [5.74, 6) is 0.485. The summed E-state index contributed by atoms with van der Waals surface area (Å²) in [6, 6.07) is 3.01. The van der Waals surface area contributed by atoms with Crippen LogP contribution in [-0.4, -0.2) is 56.1 Å². The van der Waals surface area contributed by atoms with Crippen LogP contribution in [-0.2, 0) is 14.3 Å². The first-order valence-electron chi connectivity index (χ1n) is 10.8. The minimum absolute atomic E-state index is 0.0704. The molecule has 8 nitrogen and oxygen atoms in total. The SMILES string of the molecule is COc1cc(NC(=O)C2CC2C)c(C(=O)OC(C)C(=O)N2CCC(C)CC2)cc1OC. The second-order valence-corrected chi connectivity index (χ2v) is 8.62. The van der Waals surface area contributed by atoms with Crippen LogP contribution in [0.1, 0.15) is 50.4 Å². The quantitative estimate of drug-likeness (QED) is 0.666. The van der Waals surface area contributed by atoms with Crippen molar-refractivity contribution in [1.82, 2.24) is 4.90 Å². The van der Waals surface area contributed by atoms with Gasteiger partial charge in [0.2, 0.25) is 5.91 Å². The number of ether oxygens (including phenoxy) is 3. The Balaban J connectivity index is 1.77. The third-order valence-corrected chi connectivity index (χ3v) is 6.17. The number of likely N-dealkylation sites (tertiary alicyclic amines) is 1. The van der Waals surface area contributed by atoms with Gasteiger partial charge in [0, 0.05) is 31.1 Å². The normalized spacial score (nSPS) is 21.8. The van der Waals surface area contributed by atoms with E-state index in [1.807, 2.05) is 6.92 Å². The van der Waals surface area contributed by atoms with Crippen molar-refractivity contribution >= 4 is 23.5 Å². The third-order valence-electron chi connectivity index (χ3n) is 6.17. The van der Waals surface area contributed by atoms with E-state index in [-0.39, 0.29) is 29.0 Å². The van der Waals surface area contributed by atoms with Gasteiger partial charge in [0.25, 0.3) is 5.91 Å². The number of nitrogens with one attached hydrogen (secondary N) is 1. The molecule has 8 heteroatoms. The molecule has 170 valence electrons. The molecule has 3 atom stereocenters. The summed E-state index contributed by atoms with van der Waals surface area (Å²) in [6.07, 6.45) is 1.77. The Hall–Kier alpha value is -2.77. The van der Waals surface area contributed by atoms with Gasteiger partial charge < -0.3 is 24.4 Å². The van der Waals surface area contributed by atoms with Gasteiger partial charge in [0.05, 0.1) is 25.5 Å². The Bertz CT molecular complexity index is 847. The first-order chi connectivity index (χ1) is 14.7. The second kappa shape index (κ2) is 9.58. The average molecular weight is 433 g/mol. The number of nitrogens with zero attached hydrogens (tertiary/aromatic N) is 1. The van der Waals surface area contributed by atoms with Gasteiger partial charge in [-0.3, -0.25) is 9.59 Å². The number of hydrogen-bond acceptors (Lipinski definition) is 6. The number of hydrogen-bond donors (Lipinski definition) is 1. The number of methoxy groups -OCH3 is 2. The Morgan fingerprint density at radius 1 is 1.06 bits per heavy atom. The zero-order valence-electron chi connectivity index (χ0n) is 18.9. The molecule has 3 rings (SSSR count). The molecule has 0 radical (unpaired) electrons. The van der Waals surface area contributed by atoms with Crippen LogP contribution in [0.4, 0.5) is 5.69 Å². The predicted molar refractivity (Wildman–Crippen MR) is 115 cm³/mol. The molecule has 1 aromatic carbocycles. The smallest absolute Gasteiger partial charge is 0.341 e. The number of esters is 1. The van der Waals surface area contributed by atoms with Gasteiger partial charge in [-0.05, 0) is 38.0 Å². The van der Waals surface area contributed by atoms with E-state index in [1.54, 1.807) is 17.9 Å². The van der Waals surface area contributed by atoms with Gasteiger partial charge in [-0.25, -0.2) is 4.79 Å². The molecule has 2 amide bonds. The van der Waals surface area contributed by atoms with Gasteiger partial charge in [0.15, 0.2) is 17.6 Å². The van der Waals surface area contributed by atoms with E-state index in [4.69, 9.17) is 14.2 Å². The maximum atomic E-state index is 13.0. The number of carbonyl (C=O) groups is 3. The summed E-state index contributed by atoms with van der Waals surface area (Å²) in [5.41, 5.74) is 0.393. The van der Waals surface area contributed by atoms with Crippen molar-refractivity contribution in [1.29, 1.82) is 0 Å². The van der Waals surface area contributed by atoms with Gasteiger partial charge in [-0.15, -0.1) is 0 Å². The molecule has 31 heavy (non-hydrogen) atoms. The minimum atomic E-state index is -0.930. The maximum absolute atomic E-state index is 13.0. The molecule has 1 heterocycles. The minimum Gasteiger partial charge on any atom is -0.493 e. The standard InChI is InChI=1S/C23H32N2O6/c1-13-6-8-25(9-7-13)22(27)15(3)31-23(28)17-11-19(29-4)20(30-5)12-18(17)24-21(26)16-10-14(16)2/h11-16H,6-10H2,1-5H3,(H,24,26). The van der Waals surface area contributed by atoms with Crippen LogP contribution in [0.25, 0.3) is 0 Å². The van der Waals surface area contributed by atoms with E-state index in [0.29, 0.717) is 36.4 Å². The van der Waals surface area contributed by atoms with Crippen LogP contribution in [0.2, 0.25) is 0 Å². The molecule has 1 saturated heterocycles. The van der Waals surface area contributed by atoms with E-state index in [9.17, 15) is 14.4 Å². The predicted octanol–water partition coefficient (Wildman–Crippen LogP) is 3.10. The average Bonchev–Trinajstić information content (AvgIpc) is 3.49. The van der Waals surface area contributed by atoms with Crippen LogP contribution >= 0.6 is 0 Å². The van der Waals surface area contributed by atoms with E-state index in [2.05, 4.69) is 12.2 Å². The van der Waals surface area contributed by atoms with E-state index < -0.39 is 12.1 Å². The van der Waals surface area contributed by atoms with Crippen molar-refractivity contribution in [3.05, 3.63) is 17.7 Å². The number of carbonyl (C=O) groups excluding carboxylic acids is 3. The molecule has 1 N–H and O–H groups in total. The highest BCUT2D eigenvalue weighted by Crippen LogP contribution is 2.40. The Kier molecular flexibility index (Phi) is 7.08. The first kappa shape index (κ1) is 22.9. The summed E-state index contributed by atoms with van der Waals surface area (Å²) in [7, 11) is 2.94. The zero-order chi connectivity index (χ0) is 22.7. The van der Waals surface area contributed by atoms with Crippen molar-refractivity contribution < 1.29 is 28.6 Å². The fourth-order valence-electron chi connectivity index (χ4n) is 3.82. The Morgan fingerprint density at radius 3 is 2.19 bits per heavy atom. The van der Waals surface area contributed by atoms with Crippen molar-refractivity contribution in [2.24, 2.45) is 17.8 Å². The number of rotatable bonds is 7. The van der Waals surface area contributed by atoms with Crippen LogP contribution in [0.5, 0.6) is 11.5 Å². The number of piperidine rings is 1. The molecular weight excluding hydrogens is 400 g/mol. The summed E-state index contributed by atoms with van der Waals surface area (Å²) in [4.78, 5) is 39.9. The lowest BCUT2D eigenvalue weighted by Crippen LogP contribution is -2.44. The second-order valence-electron chi connectivity index (χ2n) is 8.62. The molecule has 0 aromatic heterocycles. The Labute approximate surface area is 183 Å². The molecule has 1 aromatic rings. The van der Waals surface area contributed by atoms with Gasteiger partial charge in [-0.1, -0.05) is 13.8 Å². The van der Waals surface area contributed by atoms with E-state index >= 15 is 0 Å². The summed E-state index contributed by atoms with van der Waals surface area (Å²) in [6.45, 7) is 7.07. The molecule has 1 aliphatic carbocycles. The molecule has 1 saturated carbocycles. The monoisotopic (exact) mass is 432 g/mol. The summed E-state index contributed by atoms with van der Waals surface area (Å²) in [5, 5.41) is 2.81. The largest absolute Gasteiger partial charge is 0.493 e. The molecule has 2 fully saturated rings. The fourth-order valence-corrected chi connectivity index (χ4v) is 3.82. The van der Waals surface area contributed by atoms with Crippen LogP contribution < -0.4 is 14.8 Å². The molecule has 2 aliphatic rings. The topological polar surface area (TPSA) is 94.2 Å². The highest BCUT2D eigenvalue weighted by Gasteiger charge is 2.39. The van der Waals surface area contributed by atoms with Crippen LogP contribution in [0, 0.1) is 17.8 Å². The lowest BCUT2D eigenvalue weighted by atomic mass is 9.99. The summed E-state index contributed by atoms with van der Waals surface area (Å²) < 4.78 is 16.1. The van der Waals surface area contributed by atoms with Crippen molar-refractivity contribution in [2.75, 3.05) is 32.6 Å². The maximum Gasteiger partial charge on any atom is 0.341 e. The molecular formula is C23H32N2O6. The van der Waals surface area contributed by atoms with E-state index in [0.717, 1.165) is 19.3 Å².